The fourth-order valence-electron chi connectivity index (χ4n) is 5.04. The van der Waals surface area contributed by atoms with E-state index in [-0.39, 0.29) is 29.3 Å². The van der Waals surface area contributed by atoms with Gasteiger partial charge in [-0.1, -0.05) is 78.3 Å². The molecule has 4 rings (SSSR count). The maximum Gasteiger partial charge on any atom is 0.264 e. The zero-order valence-corrected chi connectivity index (χ0v) is 28.7. The molecule has 0 heterocycles. The van der Waals surface area contributed by atoms with Crippen molar-refractivity contribution >= 4 is 39.1 Å². The van der Waals surface area contributed by atoms with Crippen LogP contribution in [0.15, 0.2) is 108 Å². The van der Waals surface area contributed by atoms with E-state index in [1.807, 2.05) is 51.1 Å². The van der Waals surface area contributed by atoms with Crippen molar-refractivity contribution < 1.29 is 27.5 Å². The van der Waals surface area contributed by atoms with E-state index in [1.54, 1.807) is 54.6 Å². The van der Waals surface area contributed by atoms with Crippen LogP contribution in [-0.2, 0) is 32.6 Å². The van der Waals surface area contributed by atoms with Gasteiger partial charge in [0, 0.05) is 29.6 Å². The van der Waals surface area contributed by atoms with Gasteiger partial charge < -0.3 is 19.7 Å². The second-order valence-corrected chi connectivity index (χ2v) is 14.2. The first-order valence-electron chi connectivity index (χ1n) is 15.0. The molecule has 11 heteroatoms. The van der Waals surface area contributed by atoms with E-state index in [0.717, 1.165) is 9.87 Å². The number of amides is 2. The molecule has 0 aliphatic carbocycles. The lowest BCUT2D eigenvalue weighted by molar-refractivity contribution is -0.140. The summed E-state index contributed by atoms with van der Waals surface area (Å²) in [6, 6.07) is 27.9. The summed E-state index contributed by atoms with van der Waals surface area (Å²) in [5, 5.41) is 3.42. The van der Waals surface area contributed by atoms with E-state index in [4.69, 9.17) is 21.1 Å². The molecule has 0 bridgehead atoms. The Hall–Kier alpha value is -4.54. The third-order valence-electron chi connectivity index (χ3n) is 7.33. The van der Waals surface area contributed by atoms with Crippen molar-refractivity contribution in [2.75, 3.05) is 25.1 Å². The van der Waals surface area contributed by atoms with Crippen LogP contribution in [0.1, 0.15) is 31.9 Å². The van der Waals surface area contributed by atoms with Crippen LogP contribution in [0.4, 0.5) is 5.69 Å². The third-order valence-corrected chi connectivity index (χ3v) is 9.48. The Labute approximate surface area is 282 Å². The van der Waals surface area contributed by atoms with E-state index in [9.17, 15) is 18.0 Å². The summed E-state index contributed by atoms with van der Waals surface area (Å²) >= 11 is 6.58. The number of rotatable bonds is 13. The van der Waals surface area contributed by atoms with E-state index in [2.05, 4.69) is 5.32 Å². The van der Waals surface area contributed by atoms with Gasteiger partial charge in [0.2, 0.25) is 11.8 Å². The van der Waals surface area contributed by atoms with Gasteiger partial charge in [-0.3, -0.25) is 13.9 Å². The molecule has 2 amide bonds. The largest absolute Gasteiger partial charge is 0.497 e. The number of methoxy groups -OCH3 is 2. The molecule has 0 fully saturated rings. The van der Waals surface area contributed by atoms with Crippen LogP contribution >= 0.6 is 11.6 Å². The second kappa shape index (κ2) is 15.4. The molecule has 0 unspecified atom stereocenters. The quantitative estimate of drug-likeness (QED) is 0.183. The van der Waals surface area contributed by atoms with Gasteiger partial charge in [0.15, 0.2) is 0 Å². The van der Waals surface area contributed by atoms with Gasteiger partial charge in [-0.05, 0) is 62.2 Å². The highest BCUT2D eigenvalue weighted by atomic mass is 35.5. The molecule has 0 saturated heterocycles. The Bertz CT molecular complexity index is 1780. The standard InChI is InChI=1S/C36H40ClN3O6S/c1-36(2,3)38-35(42)32(22-26-14-8-6-9-15-26)39(24-27-16-12-13-19-30(27)37)34(41)25-40(47(43,44)29-17-10-7-11-18-29)31-23-28(45-4)20-21-33(31)46-5/h6-21,23,32H,22,24-25H2,1-5H3,(H,38,42)/t32-/m1/s1. The van der Waals surface area contributed by atoms with E-state index >= 15 is 0 Å². The van der Waals surface area contributed by atoms with Crippen LogP contribution in [0, 0.1) is 0 Å². The van der Waals surface area contributed by atoms with Crippen molar-refractivity contribution in [3.8, 4) is 11.5 Å². The smallest absolute Gasteiger partial charge is 0.264 e. The average molecular weight is 678 g/mol. The zero-order valence-electron chi connectivity index (χ0n) is 27.1. The van der Waals surface area contributed by atoms with Gasteiger partial charge in [0.1, 0.15) is 24.1 Å². The molecule has 4 aromatic rings. The SMILES string of the molecule is COc1ccc(OC)c(N(CC(=O)N(Cc2ccccc2Cl)[C@H](Cc2ccccc2)C(=O)NC(C)(C)C)S(=O)(=O)c2ccccc2)c1. The Balaban J connectivity index is 1.88. The number of carbonyl (C=O) groups excluding carboxylic acids is 2. The highest BCUT2D eigenvalue weighted by Gasteiger charge is 2.36. The monoisotopic (exact) mass is 677 g/mol. The molecule has 1 atom stereocenters. The van der Waals surface area contributed by atoms with Crippen LogP contribution in [-0.4, -0.2) is 57.5 Å². The summed E-state index contributed by atoms with van der Waals surface area (Å²) in [6.07, 6.45) is 0.173. The van der Waals surface area contributed by atoms with Crippen molar-refractivity contribution in [3.05, 3.63) is 119 Å². The molecule has 47 heavy (non-hydrogen) atoms. The van der Waals surface area contributed by atoms with Gasteiger partial charge in [-0.25, -0.2) is 8.42 Å². The number of benzene rings is 4. The normalized spacial score (nSPS) is 12.1. The molecular formula is C36H40ClN3O6S. The molecule has 0 spiro atoms. The Morgan fingerprint density at radius 3 is 2.06 bits per heavy atom. The Kier molecular flexibility index (Phi) is 11.5. The minimum atomic E-state index is -4.33. The highest BCUT2D eigenvalue weighted by Crippen LogP contribution is 2.36. The molecule has 0 radical (unpaired) electrons. The van der Waals surface area contributed by atoms with E-state index < -0.39 is 40.0 Å². The third kappa shape index (κ3) is 9.05. The molecule has 1 N–H and O–H groups in total. The summed E-state index contributed by atoms with van der Waals surface area (Å²) in [4.78, 5) is 30.1. The van der Waals surface area contributed by atoms with Crippen molar-refractivity contribution in [1.82, 2.24) is 10.2 Å². The number of anilines is 1. The van der Waals surface area contributed by atoms with Crippen LogP contribution in [0.5, 0.6) is 11.5 Å². The zero-order chi connectivity index (χ0) is 34.2. The minimum absolute atomic E-state index is 0.0263. The van der Waals surface area contributed by atoms with Crippen LogP contribution < -0.4 is 19.1 Å². The van der Waals surface area contributed by atoms with E-state index in [0.29, 0.717) is 16.3 Å². The summed E-state index contributed by atoms with van der Waals surface area (Å²) in [5.41, 5.74) is 0.907. The molecule has 4 aromatic carbocycles. The number of halogens is 1. The molecule has 0 saturated carbocycles. The topological polar surface area (TPSA) is 105 Å². The minimum Gasteiger partial charge on any atom is -0.497 e. The van der Waals surface area contributed by atoms with Crippen molar-refractivity contribution in [2.45, 2.75) is 50.2 Å². The van der Waals surface area contributed by atoms with Crippen molar-refractivity contribution in [1.29, 1.82) is 0 Å². The lowest BCUT2D eigenvalue weighted by atomic mass is 10.0. The predicted molar refractivity (Wildman–Crippen MR) is 184 cm³/mol. The van der Waals surface area contributed by atoms with Gasteiger partial charge in [0.05, 0.1) is 24.8 Å². The summed E-state index contributed by atoms with van der Waals surface area (Å²) in [5.74, 6) is -0.444. The summed E-state index contributed by atoms with van der Waals surface area (Å²) in [7, 11) is -1.46. The van der Waals surface area contributed by atoms with Crippen LogP contribution in [0.3, 0.4) is 0 Å². The first-order valence-corrected chi connectivity index (χ1v) is 16.8. The number of nitrogens with zero attached hydrogens (tertiary/aromatic N) is 2. The number of hydrogen-bond acceptors (Lipinski definition) is 6. The highest BCUT2D eigenvalue weighted by molar-refractivity contribution is 7.92. The molecule has 0 aliphatic heterocycles. The number of nitrogens with one attached hydrogen (secondary N) is 1. The van der Waals surface area contributed by atoms with Crippen LogP contribution in [0.25, 0.3) is 0 Å². The number of ether oxygens (including phenoxy) is 2. The van der Waals surface area contributed by atoms with Crippen molar-refractivity contribution in [2.24, 2.45) is 0 Å². The average Bonchev–Trinajstić information content (AvgIpc) is 3.05. The molecule has 9 nitrogen and oxygen atoms in total. The second-order valence-electron chi connectivity index (χ2n) is 11.9. The number of carbonyl (C=O) groups is 2. The van der Waals surface area contributed by atoms with Gasteiger partial charge in [-0.15, -0.1) is 0 Å². The maximum atomic E-state index is 14.7. The summed E-state index contributed by atoms with van der Waals surface area (Å²) in [6.45, 7) is 4.86. The first-order chi connectivity index (χ1) is 22.3. The number of sulfonamides is 1. The number of hydrogen-bond donors (Lipinski definition) is 1. The molecule has 0 aliphatic rings. The first kappa shape index (κ1) is 35.3. The van der Waals surface area contributed by atoms with Crippen molar-refractivity contribution in [3.63, 3.8) is 0 Å². The Morgan fingerprint density at radius 2 is 1.47 bits per heavy atom. The molecule has 248 valence electrons. The molecular weight excluding hydrogens is 638 g/mol. The van der Waals surface area contributed by atoms with Gasteiger partial charge in [0.25, 0.3) is 10.0 Å². The maximum absolute atomic E-state index is 14.7. The van der Waals surface area contributed by atoms with Gasteiger partial charge >= 0.3 is 0 Å². The lowest BCUT2D eigenvalue weighted by Gasteiger charge is -2.35. The van der Waals surface area contributed by atoms with Crippen LogP contribution in [0.2, 0.25) is 5.02 Å². The predicted octanol–water partition coefficient (Wildman–Crippen LogP) is 6.11. The summed E-state index contributed by atoms with van der Waals surface area (Å²) < 4.78 is 40.6. The molecule has 0 aromatic heterocycles. The lowest BCUT2D eigenvalue weighted by Crippen LogP contribution is -2.56. The van der Waals surface area contributed by atoms with Gasteiger partial charge in [-0.2, -0.15) is 0 Å². The fourth-order valence-corrected chi connectivity index (χ4v) is 6.67. The van der Waals surface area contributed by atoms with E-state index in [1.165, 1.54) is 37.3 Å². The Morgan fingerprint density at radius 1 is 0.851 bits per heavy atom. The fraction of sp³-hybridized carbons (Fsp3) is 0.278.